The first-order valence-electron chi connectivity index (χ1n) is 10.1. The van der Waals surface area contributed by atoms with E-state index in [9.17, 15) is 9.90 Å². The Morgan fingerprint density at radius 3 is 2.75 bits per heavy atom. The van der Waals surface area contributed by atoms with E-state index in [1.165, 1.54) is 29.9 Å². The summed E-state index contributed by atoms with van der Waals surface area (Å²) in [6, 6.07) is 5.29. The molecule has 1 N–H and O–H groups in total. The number of tetrazole rings is 1. The molecule has 8 nitrogen and oxygen atoms in total. The summed E-state index contributed by atoms with van der Waals surface area (Å²) in [5.41, 5.74) is 0.945. The quantitative estimate of drug-likeness (QED) is 0.848. The number of benzene rings is 1. The SMILES string of the molecule is CC(C)[C@H]1CN(C(=O)c2ccc(-n3cnnn3)cc2O)CCCN1CC1CC1. The first-order valence-corrected chi connectivity index (χ1v) is 10.1. The van der Waals surface area contributed by atoms with Crippen LogP contribution in [0.3, 0.4) is 0 Å². The highest BCUT2D eigenvalue weighted by molar-refractivity contribution is 5.97. The van der Waals surface area contributed by atoms with Crippen LogP contribution in [-0.4, -0.2) is 73.2 Å². The number of amides is 1. The fourth-order valence-corrected chi connectivity index (χ4v) is 4.03. The van der Waals surface area contributed by atoms with Crippen molar-refractivity contribution in [2.24, 2.45) is 11.8 Å². The van der Waals surface area contributed by atoms with E-state index < -0.39 is 0 Å². The maximum absolute atomic E-state index is 13.2. The van der Waals surface area contributed by atoms with Crippen molar-refractivity contribution in [3.05, 3.63) is 30.1 Å². The molecule has 1 aliphatic carbocycles. The van der Waals surface area contributed by atoms with E-state index >= 15 is 0 Å². The lowest BCUT2D eigenvalue weighted by molar-refractivity contribution is 0.0701. The molecule has 1 saturated carbocycles. The summed E-state index contributed by atoms with van der Waals surface area (Å²) in [6.07, 6.45) is 5.09. The molecule has 1 saturated heterocycles. The zero-order chi connectivity index (χ0) is 19.7. The number of hydrogen-bond donors (Lipinski definition) is 1. The predicted octanol–water partition coefficient (Wildman–Crippen LogP) is 1.95. The Balaban J connectivity index is 1.52. The summed E-state index contributed by atoms with van der Waals surface area (Å²) in [7, 11) is 0. The molecule has 2 aromatic rings. The Morgan fingerprint density at radius 1 is 1.29 bits per heavy atom. The van der Waals surface area contributed by atoms with Gasteiger partial charge in [0.25, 0.3) is 5.91 Å². The highest BCUT2D eigenvalue weighted by atomic mass is 16.3. The van der Waals surface area contributed by atoms with E-state index in [1.54, 1.807) is 12.1 Å². The van der Waals surface area contributed by atoms with Crippen LogP contribution < -0.4 is 0 Å². The van der Waals surface area contributed by atoms with E-state index in [2.05, 4.69) is 34.3 Å². The molecule has 150 valence electrons. The second-order valence-electron chi connectivity index (χ2n) is 8.31. The Bertz CT molecular complexity index is 818. The smallest absolute Gasteiger partial charge is 0.257 e. The van der Waals surface area contributed by atoms with Gasteiger partial charge < -0.3 is 10.0 Å². The second-order valence-corrected chi connectivity index (χ2v) is 8.31. The summed E-state index contributed by atoms with van der Waals surface area (Å²) < 4.78 is 1.45. The Morgan fingerprint density at radius 2 is 2.11 bits per heavy atom. The molecule has 2 fully saturated rings. The van der Waals surface area contributed by atoms with Crippen molar-refractivity contribution >= 4 is 5.91 Å². The molecule has 2 heterocycles. The van der Waals surface area contributed by atoms with Crippen molar-refractivity contribution in [3.63, 3.8) is 0 Å². The van der Waals surface area contributed by atoms with Gasteiger partial charge in [-0.15, -0.1) is 5.10 Å². The molecule has 28 heavy (non-hydrogen) atoms. The van der Waals surface area contributed by atoms with Crippen LogP contribution in [0, 0.1) is 11.8 Å². The number of phenolic OH excluding ortho intramolecular Hbond substituents is 1. The fraction of sp³-hybridized carbons (Fsp3) is 0.600. The third-order valence-electron chi connectivity index (χ3n) is 5.82. The highest BCUT2D eigenvalue weighted by Crippen LogP contribution is 2.32. The van der Waals surface area contributed by atoms with Crippen LogP contribution in [0.5, 0.6) is 5.75 Å². The third kappa shape index (κ3) is 4.01. The van der Waals surface area contributed by atoms with Crippen LogP contribution in [0.4, 0.5) is 0 Å². The first-order chi connectivity index (χ1) is 13.5. The highest BCUT2D eigenvalue weighted by Gasteiger charge is 2.34. The van der Waals surface area contributed by atoms with E-state index in [1.807, 2.05) is 4.90 Å². The minimum absolute atomic E-state index is 0.0434. The molecule has 0 radical (unpaired) electrons. The molecular weight excluding hydrogens is 356 g/mol. The summed E-state index contributed by atoms with van der Waals surface area (Å²) in [6.45, 7) is 8.08. The lowest BCUT2D eigenvalue weighted by atomic mass is 10.0. The van der Waals surface area contributed by atoms with Gasteiger partial charge >= 0.3 is 0 Å². The number of carbonyl (C=O) groups excluding carboxylic acids is 1. The normalized spacial score (nSPS) is 21.1. The minimum atomic E-state index is -0.111. The Labute approximate surface area is 165 Å². The number of aromatic hydroxyl groups is 1. The van der Waals surface area contributed by atoms with Crippen molar-refractivity contribution < 1.29 is 9.90 Å². The average molecular weight is 384 g/mol. The van der Waals surface area contributed by atoms with Crippen LogP contribution in [0.15, 0.2) is 24.5 Å². The monoisotopic (exact) mass is 384 g/mol. The number of carbonyl (C=O) groups is 1. The summed E-state index contributed by atoms with van der Waals surface area (Å²) >= 11 is 0. The van der Waals surface area contributed by atoms with Gasteiger partial charge in [0.15, 0.2) is 0 Å². The molecule has 0 unspecified atom stereocenters. The zero-order valence-electron chi connectivity index (χ0n) is 16.5. The molecular formula is C20H28N6O2. The van der Waals surface area contributed by atoms with Crippen LogP contribution >= 0.6 is 0 Å². The van der Waals surface area contributed by atoms with Crippen molar-refractivity contribution in [3.8, 4) is 11.4 Å². The van der Waals surface area contributed by atoms with Gasteiger partial charge in [-0.05, 0) is 53.7 Å². The van der Waals surface area contributed by atoms with Gasteiger partial charge in [0.2, 0.25) is 0 Å². The topological polar surface area (TPSA) is 87.4 Å². The number of aromatic nitrogens is 4. The standard InChI is InChI=1S/C20H28N6O2/c1-14(2)18-12-25(9-3-8-24(18)11-15-4-5-15)20(28)17-7-6-16(10-19(17)27)26-13-21-22-23-26/h6-7,10,13-15,18,27H,3-5,8-9,11-12H2,1-2H3/t18-/m1/s1. The second kappa shape index (κ2) is 7.87. The van der Waals surface area contributed by atoms with Gasteiger partial charge in [-0.3, -0.25) is 9.69 Å². The Hall–Kier alpha value is -2.48. The van der Waals surface area contributed by atoms with Crippen LogP contribution in [0.2, 0.25) is 0 Å². The predicted molar refractivity (Wildman–Crippen MR) is 104 cm³/mol. The summed E-state index contributed by atoms with van der Waals surface area (Å²) in [5, 5.41) is 21.5. The molecule has 2 aliphatic rings. The molecule has 1 aliphatic heterocycles. The largest absolute Gasteiger partial charge is 0.507 e. The van der Waals surface area contributed by atoms with E-state index in [4.69, 9.17) is 0 Å². The van der Waals surface area contributed by atoms with Gasteiger partial charge in [0, 0.05) is 38.3 Å². The summed E-state index contributed by atoms with van der Waals surface area (Å²) in [5.74, 6) is 1.16. The number of phenols is 1. The lowest BCUT2D eigenvalue weighted by Crippen LogP contribution is -2.46. The van der Waals surface area contributed by atoms with Crippen LogP contribution in [0.1, 0.15) is 43.5 Å². The lowest BCUT2D eigenvalue weighted by Gasteiger charge is -2.34. The Kier molecular flexibility index (Phi) is 5.30. The number of hydrogen-bond acceptors (Lipinski definition) is 6. The minimum Gasteiger partial charge on any atom is -0.507 e. The van der Waals surface area contributed by atoms with Gasteiger partial charge in [-0.25, -0.2) is 4.68 Å². The van der Waals surface area contributed by atoms with Gasteiger partial charge in [-0.1, -0.05) is 13.8 Å². The molecule has 1 atom stereocenters. The van der Waals surface area contributed by atoms with Crippen LogP contribution in [0.25, 0.3) is 5.69 Å². The number of nitrogens with zero attached hydrogens (tertiary/aromatic N) is 6. The van der Waals surface area contributed by atoms with Crippen molar-refractivity contribution in [2.75, 3.05) is 26.2 Å². The molecule has 8 heteroatoms. The molecule has 0 spiro atoms. The summed E-state index contributed by atoms with van der Waals surface area (Å²) in [4.78, 5) is 17.7. The van der Waals surface area contributed by atoms with Crippen molar-refractivity contribution in [1.82, 2.24) is 30.0 Å². The molecule has 1 amide bonds. The zero-order valence-corrected chi connectivity index (χ0v) is 16.5. The first kappa shape index (κ1) is 18.9. The van der Waals surface area contributed by atoms with Crippen molar-refractivity contribution in [1.29, 1.82) is 0 Å². The van der Waals surface area contributed by atoms with Gasteiger partial charge in [0.05, 0.1) is 11.3 Å². The molecule has 1 aromatic heterocycles. The fourth-order valence-electron chi connectivity index (χ4n) is 4.03. The third-order valence-corrected chi connectivity index (χ3v) is 5.82. The molecule has 1 aromatic carbocycles. The van der Waals surface area contributed by atoms with E-state index in [-0.39, 0.29) is 11.7 Å². The molecule has 4 rings (SSSR count). The van der Waals surface area contributed by atoms with Crippen molar-refractivity contribution in [2.45, 2.75) is 39.2 Å². The van der Waals surface area contributed by atoms with E-state index in [0.717, 1.165) is 32.0 Å². The number of rotatable bonds is 5. The maximum Gasteiger partial charge on any atom is 0.257 e. The average Bonchev–Trinajstić information content (AvgIpc) is 3.37. The van der Waals surface area contributed by atoms with Crippen LogP contribution in [-0.2, 0) is 0 Å². The van der Waals surface area contributed by atoms with E-state index in [0.29, 0.717) is 29.8 Å². The van der Waals surface area contributed by atoms with Gasteiger partial charge in [0.1, 0.15) is 12.1 Å². The van der Waals surface area contributed by atoms with Gasteiger partial charge in [-0.2, -0.15) is 0 Å². The maximum atomic E-state index is 13.2. The molecule has 0 bridgehead atoms.